The highest BCUT2D eigenvalue weighted by Gasteiger charge is 2.23. The van der Waals surface area contributed by atoms with Crippen LogP contribution in [0.5, 0.6) is 0 Å². The molecule has 0 saturated carbocycles. The zero-order valence-electron chi connectivity index (χ0n) is 21.3. The predicted molar refractivity (Wildman–Crippen MR) is 151 cm³/mol. The summed E-state index contributed by atoms with van der Waals surface area (Å²) in [5, 5.41) is 16.0. The Labute approximate surface area is 214 Å². The number of aromatic nitrogens is 1. The number of fused-ring (bicyclic) bond motifs is 1. The minimum absolute atomic E-state index is 0.167. The number of aryl methyl sites for hydroxylation is 2. The first-order chi connectivity index (χ1) is 17.5. The molecule has 0 spiro atoms. The van der Waals surface area contributed by atoms with Gasteiger partial charge >= 0.3 is 0 Å². The second-order valence-corrected chi connectivity index (χ2v) is 9.74. The first kappa shape index (κ1) is 24.1. The van der Waals surface area contributed by atoms with Gasteiger partial charge in [0.05, 0.1) is 23.9 Å². The van der Waals surface area contributed by atoms with Crippen LogP contribution in [0.25, 0.3) is 33.3 Å². The van der Waals surface area contributed by atoms with Gasteiger partial charge in [-0.15, -0.1) is 0 Å². The molecule has 0 aliphatic carbocycles. The maximum atomic E-state index is 11.3. The van der Waals surface area contributed by atoms with E-state index in [1.165, 1.54) is 38.7 Å². The van der Waals surface area contributed by atoms with Gasteiger partial charge in [0.25, 0.3) is 0 Å². The lowest BCUT2D eigenvalue weighted by Crippen LogP contribution is -2.32. The minimum Gasteiger partial charge on any atom is -0.390 e. The Morgan fingerprint density at radius 3 is 2.00 bits per heavy atom. The van der Waals surface area contributed by atoms with Gasteiger partial charge in [0.1, 0.15) is 0 Å². The van der Waals surface area contributed by atoms with Gasteiger partial charge in [-0.05, 0) is 49.1 Å². The molecule has 1 heterocycles. The smallest absolute Gasteiger partial charge is 0.0843 e. The van der Waals surface area contributed by atoms with Gasteiger partial charge in [-0.3, -0.25) is 0 Å². The Morgan fingerprint density at radius 2 is 1.36 bits per heavy atom. The second-order valence-electron chi connectivity index (χ2n) is 9.74. The van der Waals surface area contributed by atoms with Crippen LogP contribution < -0.4 is 5.32 Å². The molecule has 0 radical (unpaired) electrons. The van der Waals surface area contributed by atoms with Crippen molar-refractivity contribution in [2.75, 3.05) is 6.54 Å². The van der Waals surface area contributed by atoms with Crippen LogP contribution in [-0.2, 0) is 6.54 Å². The zero-order valence-corrected chi connectivity index (χ0v) is 21.3. The van der Waals surface area contributed by atoms with Crippen molar-refractivity contribution in [3.05, 3.63) is 120 Å². The summed E-state index contributed by atoms with van der Waals surface area (Å²) in [7, 11) is 0. The van der Waals surface area contributed by atoms with Gasteiger partial charge in [-0.25, -0.2) is 0 Å². The van der Waals surface area contributed by atoms with Crippen LogP contribution in [-0.4, -0.2) is 22.3 Å². The fraction of sp³-hybridized carbons (Fsp3) is 0.212. The lowest BCUT2D eigenvalue weighted by atomic mass is 9.97. The van der Waals surface area contributed by atoms with Crippen molar-refractivity contribution in [1.29, 1.82) is 0 Å². The quantitative estimate of drug-likeness (QED) is 0.247. The molecule has 2 atom stereocenters. The normalized spacial score (nSPS) is 13.1. The van der Waals surface area contributed by atoms with Gasteiger partial charge in [0, 0.05) is 23.5 Å². The highest BCUT2D eigenvalue weighted by molar-refractivity contribution is 6.06. The van der Waals surface area contributed by atoms with E-state index in [4.69, 9.17) is 0 Å². The average molecular weight is 475 g/mol. The average Bonchev–Trinajstić information content (AvgIpc) is 3.22. The molecule has 0 aliphatic rings. The third kappa shape index (κ3) is 4.86. The number of hydrogen-bond donors (Lipinski definition) is 2. The summed E-state index contributed by atoms with van der Waals surface area (Å²) in [4.78, 5) is 0. The molecule has 2 unspecified atom stereocenters. The van der Waals surface area contributed by atoms with Crippen molar-refractivity contribution < 1.29 is 5.11 Å². The number of benzene rings is 4. The molecule has 5 rings (SSSR count). The van der Waals surface area contributed by atoms with Gasteiger partial charge < -0.3 is 15.0 Å². The topological polar surface area (TPSA) is 37.2 Å². The van der Waals surface area contributed by atoms with Gasteiger partial charge in [-0.2, -0.15) is 0 Å². The zero-order chi connectivity index (χ0) is 25.1. The first-order valence-electron chi connectivity index (χ1n) is 12.7. The molecule has 182 valence electrons. The number of nitrogens with one attached hydrogen (secondary N) is 1. The number of aliphatic hydroxyl groups is 1. The van der Waals surface area contributed by atoms with Crippen LogP contribution in [0.4, 0.5) is 0 Å². The minimum atomic E-state index is -0.543. The SMILES string of the molecule is Cc1cc(C)c2c(c1)c(-c1ccccc1)c(-c1ccccc1)n2CC(O)CNC(C)c1ccccc1. The monoisotopic (exact) mass is 474 g/mol. The van der Waals surface area contributed by atoms with Crippen molar-refractivity contribution in [2.24, 2.45) is 0 Å². The molecule has 1 aromatic heterocycles. The lowest BCUT2D eigenvalue weighted by molar-refractivity contribution is 0.150. The highest BCUT2D eigenvalue weighted by Crippen LogP contribution is 2.42. The fourth-order valence-electron chi connectivity index (χ4n) is 5.31. The second kappa shape index (κ2) is 10.5. The van der Waals surface area contributed by atoms with Crippen molar-refractivity contribution in [2.45, 2.75) is 39.5 Å². The summed E-state index contributed by atoms with van der Waals surface area (Å²) in [6.07, 6.45) is -0.543. The van der Waals surface area contributed by atoms with E-state index >= 15 is 0 Å². The number of hydrogen-bond acceptors (Lipinski definition) is 2. The third-order valence-electron chi connectivity index (χ3n) is 6.95. The van der Waals surface area contributed by atoms with Crippen molar-refractivity contribution >= 4 is 10.9 Å². The van der Waals surface area contributed by atoms with Crippen LogP contribution in [0.1, 0.15) is 29.7 Å². The fourth-order valence-corrected chi connectivity index (χ4v) is 5.31. The largest absolute Gasteiger partial charge is 0.390 e. The van der Waals surface area contributed by atoms with Crippen LogP contribution in [0.15, 0.2) is 103 Å². The molecule has 3 nitrogen and oxygen atoms in total. The molecule has 0 saturated heterocycles. The summed E-state index contributed by atoms with van der Waals surface area (Å²) in [5.41, 5.74) is 9.60. The van der Waals surface area contributed by atoms with E-state index in [2.05, 4.69) is 128 Å². The van der Waals surface area contributed by atoms with E-state index in [0.717, 1.165) is 11.3 Å². The maximum Gasteiger partial charge on any atom is 0.0843 e. The molecule has 0 bridgehead atoms. The van der Waals surface area contributed by atoms with Crippen LogP contribution in [0.2, 0.25) is 0 Å². The molecule has 0 amide bonds. The van der Waals surface area contributed by atoms with E-state index in [0.29, 0.717) is 13.1 Å². The molecule has 4 aromatic carbocycles. The molecule has 0 aliphatic heterocycles. The Balaban J connectivity index is 1.60. The third-order valence-corrected chi connectivity index (χ3v) is 6.95. The first-order valence-corrected chi connectivity index (χ1v) is 12.7. The molecular formula is C33H34N2O. The van der Waals surface area contributed by atoms with Crippen LogP contribution in [0, 0.1) is 13.8 Å². The summed E-state index contributed by atoms with van der Waals surface area (Å²) < 4.78 is 2.33. The van der Waals surface area contributed by atoms with Gasteiger partial charge in [0.2, 0.25) is 0 Å². The Bertz CT molecular complexity index is 1440. The molecule has 0 fully saturated rings. The molecule has 3 heteroatoms. The maximum absolute atomic E-state index is 11.3. The van der Waals surface area contributed by atoms with E-state index in [9.17, 15) is 5.11 Å². The Kier molecular flexibility index (Phi) is 7.04. The summed E-state index contributed by atoms with van der Waals surface area (Å²) in [5.74, 6) is 0. The van der Waals surface area contributed by atoms with E-state index in [-0.39, 0.29) is 6.04 Å². The van der Waals surface area contributed by atoms with Crippen molar-refractivity contribution in [3.8, 4) is 22.4 Å². The van der Waals surface area contributed by atoms with Crippen LogP contribution >= 0.6 is 0 Å². The Hall–Kier alpha value is -3.66. The van der Waals surface area contributed by atoms with Gasteiger partial charge in [0.15, 0.2) is 0 Å². The molecule has 36 heavy (non-hydrogen) atoms. The van der Waals surface area contributed by atoms with Crippen LogP contribution in [0.3, 0.4) is 0 Å². The predicted octanol–water partition coefficient (Wildman–Crippen LogP) is 7.30. The number of nitrogens with zero attached hydrogens (tertiary/aromatic N) is 1. The van der Waals surface area contributed by atoms with Crippen molar-refractivity contribution in [1.82, 2.24) is 9.88 Å². The highest BCUT2D eigenvalue weighted by atomic mass is 16.3. The van der Waals surface area contributed by atoms with E-state index in [1.54, 1.807) is 0 Å². The summed E-state index contributed by atoms with van der Waals surface area (Å²) >= 11 is 0. The molecule has 2 N–H and O–H groups in total. The lowest BCUT2D eigenvalue weighted by Gasteiger charge is -2.20. The summed E-state index contributed by atoms with van der Waals surface area (Å²) in [6.45, 7) is 7.49. The van der Waals surface area contributed by atoms with E-state index in [1.807, 2.05) is 6.07 Å². The van der Waals surface area contributed by atoms with Gasteiger partial charge in [-0.1, -0.05) is 103 Å². The molecular weight excluding hydrogens is 440 g/mol. The number of rotatable bonds is 8. The Morgan fingerprint density at radius 1 is 0.778 bits per heavy atom. The van der Waals surface area contributed by atoms with E-state index < -0.39 is 6.10 Å². The standard InChI is InChI=1S/C33H34N2O/c1-23-19-24(2)32-30(20-23)31(27-15-9-5-10-16-27)33(28-17-11-6-12-18-28)35(32)22-29(36)21-34-25(3)26-13-7-4-8-14-26/h4-20,25,29,34,36H,21-22H2,1-3H3. The van der Waals surface area contributed by atoms with Crippen molar-refractivity contribution in [3.63, 3.8) is 0 Å². The number of aliphatic hydroxyl groups excluding tert-OH is 1. The molecule has 5 aromatic rings. The summed E-state index contributed by atoms with van der Waals surface area (Å²) in [6, 6.07) is 36.3.